The van der Waals surface area contributed by atoms with E-state index in [2.05, 4.69) is 9.97 Å². The second-order valence-electron chi connectivity index (χ2n) is 2.88. The van der Waals surface area contributed by atoms with E-state index >= 15 is 0 Å². The molecule has 0 radical (unpaired) electrons. The van der Waals surface area contributed by atoms with Gasteiger partial charge in [0.15, 0.2) is 5.82 Å². The van der Waals surface area contributed by atoms with E-state index in [1.54, 1.807) is 30.6 Å². The number of nitriles is 1. The molecule has 2 rings (SSSR count). The zero-order chi connectivity index (χ0) is 10.7. The summed E-state index contributed by atoms with van der Waals surface area (Å²) in [4.78, 5) is 7.97. The first kappa shape index (κ1) is 9.28. The van der Waals surface area contributed by atoms with Crippen molar-refractivity contribution in [3.8, 4) is 17.5 Å². The first-order valence-electron chi connectivity index (χ1n) is 4.28. The van der Waals surface area contributed by atoms with E-state index in [0.717, 1.165) is 0 Å². The Morgan fingerprint density at radius 3 is 2.53 bits per heavy atom. The lowest BCUT2D eigenvalue weighted by Gasteiger charge is -1.99. The molecule has 0 amide bonds. The number of aromatic nitrogens is 2. The number of halogens is 1. The minimum Gasteiger partial charge on any atom is -0.237 e. The van der Waals surface area contributed by atoms with Gasteiger partial charge in [-0.1, -0.05) is 0 Å². The van der Waals surface area contributed by atoms with Crippen molar-refractivity contribution < 1.29 is 4.39 Å². The molecule has 0 atom stereocenters. The quantitative estimate of drug-likeness (QED) is 0.707. The van der Waals surface area contributed by atoms with E-state index in [4.69, 9.17) is 5.26 Å². The Kier molecular flexibility index (Phi) is 2.38. The summed E-state index contributed by atoms with van der Waals surface area (Å²) in [6.07, 6.45) is 3.16. The normalized spacial score (nSPS) is 9.60. The number of nitrogens with zero attached hydrogens (tertiary/aromatic N) is 3. The van der Waals surface area contributed by atoms with Crippen LogP contribution in [0.5, 0.6) is 0 Å². The van der Waals surface area contributed by atoms with Gasteiger partial charge in [-0.25, -0.2) is 14.4 Å². The molecule has 0 bridgehead atoms. The molecule has 0 unspecified atom stereocenters. The van der Waals surface area contributed by atoms with Gasteiger partial charge < -0.3 is 0 Å². The van der Waals surface area contributed by atoms with Gasteiger partial charge in [-0.05, 0) is 24.3 Å². The van der Waals surface area contributed by atoms with Gasteiger partial charge in [0.2, 0.25) is 0 Å². The van der Waals surface area contributed by atoms with Gasteiger partial charge in [0.1, 0.15) is 11.9 Å². The summed E-state index contributed by atoms with van der Waals surface area (Å²) in [5.74, 6) is -0.108. The summed E-state index contributed by atoms with van der Waals surface area (Å²) >= 11 is 0. The topological polar surface area (TPSA) is 49.6 Å². The van der Waals surface area contributed by atoms with Gasteiger partial charge in [0.05, 0.1) is 5.56 Å². The van der Waals surface area contributed by atoms with Crippen LogP contribution in [0, 0.1) is 17.1 Å². The van der Waals surface area contributed by atoms with Crippen LogP contribution in [-0.2, 0) is 0 Å². The summed E-state index contributed by atoms with van der Waals surface area (Å²) in [6.45, 7) is 0. The number of rotatable bonds is 1. The van der Waals surface area contributed by atoms with Crippen molar-refractivity contribution in [3.63, 3.8) is 0 Å². The molecule has 15 heavy (non-hydrogen) atoms. The van der Waals surface area contributed by atoms with Crippen LogP contribution < -0.4 is 0 Å². The highest BCUT2D eigenvalue weighted by Gasteiger charge is 2.05. The summed E-state index contributed by atoms with van der Waals surface area (Å²) in [6, 6.07) is 7.74. The Labute approximate surface area is 85.9 Å². The molecular weight excluding hydrogens is 193 g/mol. The van der Waals surface area contributed by atoms with Gasteiger partial charge in [-0.15, -0.1) is 0 Å². The highest BCUT2D eigenvalue weighted by atomic mass is 19.1. The third kappa shape index (κ3) is 1.81. The van der Waals surface area contributed by atoms with E-state index in [1.807, 2.05) is 0 Å². The molecule has 1 aromatic carbocycles. The van der Waals surface area contributed by atoms with Crippen molar-refractivity contribution in [1.82, 2.24) is 9.97 Å². The van der Waals surface area contributed by atoms with Crippen molar-refractivity contribution in [2.75, 3.05) is 0 Å². The Morgan fingerprint density at radius 2 is 1.93 bits per heavy atom. The fourth-order valence-corrected chi connectivity index (χ4v) is 1.19. The fourth-order valence-electron chi connectivity index (χ4n) is 1.19. The van der Waals surface area contributed by atoms with Crippen LogP contribution >= 0.6 is 0 Å². The Bertz CT molecular complexity index is 517. The maximum atomic E-state index is 13.3. The lowest BCUT2D eigenvalue weighted by atomic mass is 10.1. The zero-order valence-electron chi connectivity index (χ0n) is 7.68. The monoisotopic (exact) mass is 199 g/mol. The average molecular weight is 199 g/mol. The third-order valence-corrected chi connectivity index (χ3v) is 1.91. The molecule has 0 aliphatic heterocycles. The maximum Gasteiger partial charge on any atom is 0.159 e. The fraction of sp³-hybridized carbons (Fsp3) is 0. The molecule has 1 aromatic heterocycles. The predicted octanol–water partition coefficient (Wildman–Crippen LogP) is 2.15. The molecule has 0 aliphatic rings. The van der Waals surface area contributed by atoms with Gasteiger partial charge in [0.25, 0.3) is 0 Å². The summed E-state index contributed by atoms with van der Waals surface area (Å²) < 4.78 is 13.3. The molecule has 0 saturated heterocycles. The molecule has 72 valence electrons. The maximum absolute atomic E-state index is 13.3. The predicted molar refractivity (Wildman–Crippen MR) is 52.1 cm³/mol. The average Bonchev–Trinajstić information content (AvgIpc) is 2.30. The van der Waals surface area contributed by atoms with Crippen molar-refractivity contribution in [1.29, 1.82) is 5.26 Å². The molecule has 0 spiro atoms. The van der Waals surface area contributed by atoms with Crippen LogP contribution in [0.4, 0.5) is 4.39 Å². The van der Waals surface area contributed by atoms with E-state index in [0.29, 0.717) is 11.4 Å². The van der Waals surface area contributed by atoms with E-state index < -0.39 is 5.82 Å². The Morgan fingerprint density at radius 1 is 1.20 bits per heavy atom. The molecule has 2 aromatic rings. The van der Waals surface area contributed by atoms with Crippen LogP contribution in [0.2, 0.25) is 0 Å². The van der Waals surface area contributed by atoms with Gasteiger partial charge >= 0.3 is 0 Å². The molecule has 0 saturated carbocycles. The molecule has 1 heterocycles. The number of benzene rings is 1. The standard InChI is InChI=1S/C11H6FN3/c12-10-6-8(2-3-9(10)7-13)11-14-4-1-5-15-11/h1-6H. The van der Waals surface area contributed by atoms with Gasteiger partial charge in [0, 0.05) is 18.0 Å². The Balaban J connectivity index is 2.49. The van der Waals surface area contributed by atoms with Crippen molar-refractivity contribution in [3.05, 3.63) is 48.0 Å². The minimum absolute atomic E-state index is 0.0229. The minimum atomic E-state index is -0.553. The van der Waals surface area contributed by atoms with E-state index in [9.17, 15) is 4.39 Å². The summed E-state index contributed by atoms with van der Waals surface area (Å²) in [7, 11) is 0. The number of hydrogen-bond donors (Lipinski definition) is 0. The second kappa shape index (κ2) is 3.84. The van der Waals surface area contributed by atoms with E-state index in [1.165, 1.54) is 12.1 Å². The summed E-state index contributed by atoms with van der Waals surface area (Å²) in [5.41, 5.74) is 0.585. The largest absolute Gasteiger partial charge is 0.237 e. The van der Waals surface area contributed by atoms with Crippen molar-refractivity contribution in [2.45, 2.75) is 0 Å². The lowest BCUT2D eigenvalue weighted by molar-refractivity contribution is 0.624. The van der Waals surface area contributed by atoms with Crippen LogP contribution in [-0.4, -0.2) is 9.97 Å². The first-order chi connectivity index (χ1) is 7.31. The zero-order valence-corrected chi connectivity index (χ0v) is 7.68. The molecule has 0 N–H and O–H groups in total. The van der Waals surface area contributed by atoms with E-state index in [-0.39, 0.29) is 5.56 Å². The van der Waals surface area contributed by atoms with Crippen molar-refractivity contribution >= 4 is 0 Å². The smallest absolute Gasteiger partial charge is 0.159 e. The summed E-state index contributed by atoms with van der Waals surface area (Å²) in [5, 5.41) is 8.56. The van der Waals surface area contributed by atoms with Crippen LogP contribution in [0.3, 0.4) is 0 Å². The van der Waals surface area contributed by atoms with Crippen molar-refractivity contribution in [2.24, 2.45) is 0 Å². The highest BCUT2D eigenvalue weighted by Crippen LogP contribution is 2.17. The molecule has 3 nitrogen and oxygen atoms in total. The SMILES string of the molecule is N#Cc1ccc(-c2ncccn2)cc1F. The van der Waals surface area contributed by atoms with Gasteiger partial charge in [-0.2, -0.15) is 5.26 Å². The lowest BCUT2D eigenvalue weighted by Crippen LogP contribution is -1.89. The first-order valence-corrected chi connectivity index (χ1v) is 4.28. The third-order valence-electron chi connectivity index (χ3n) is 1.91. The van der Waals surface area contributed by atoms with Crippen LogP contribution in [0.1, 0.15) is 5.56 Å². The second-order valence-corrected chi connectivity index (χ2v) is 2.88. The van der Waals surface area contributed by atoms with Crippen LogP contribution in [0.25, 0.3) is 11.4 Å². The highest BCUT2D eigenvalue weighted by molar-refractivity contribution is 5.56. The van der Waals surface area contributed by atoms with Gasteiger partial charge in [-0.3, -0.25) is 0 Å². The molecular formula is C11H6FN3. The number of hydrogen-bond acceptors (Lipinski definition) is 3. The molecule has 4 heteroatoms. The Hall–Kier alpha value is -2.28. The van der Waals surface area contributed by atoms with Crippen LogP contribution in [0.15, 0.2) is 36.7 Å². The molecule has 0 fully saturated rings. The molecule has 0 aliphatic carbocycles.